The highest BCUT2D eigenvalue weighted by atomic mass is 79.9. The fraction of sp³-hybridized carbons (Fsp3) is 0.222. The number of methoxy groups -OCH3 is 2. The van der Waals surface area contributed by atoms with Crippen molar-refractivity contribution < 1.29 is 23.8 Å². The predicted molar refractivity (Wildman–Crippen MR) is 97.3 cm³/mol. The average molecular weight is 408 g/mol. The Labute approximate surface area is 154 Å². The topological polar surface area (TPSA) is 73.9 Å². The molecular formula is C18H18BrNO5. The Hall–Kier alpha value is -2.54. The van der Waals surface area contributed by atoms with Crippen molar-refractivity contribution in [2.24, 2.45) is 0 Å². The number of hydrogen-bond acceptors (Lipinski definition) is 5. The highest BCUT2D eigenvalue weighted by molar-refractivity contribution is 9.10. The van der Waals surface area contributed by atoms with Crippen LogP contribution < -0.4 is 14.8 Å². The maximum atomic E-state index is 12.0. The molecule has 0 atom stereocenters. The predicted octanol–water partition coefficient (Wildman–Crippen LogP) is 3.57. The van der Waals surface area contributed by atoms with Gasteiger partial charge in [-0.2, -0.15) is 0 Å². The molecule has 0 unspecified atom stereocenters. The molecule has 0 spiro atoms. The van der Waals surface area contributed by atoms with Crippen molar-refractivity contribution in [2.75, 3.05) is 26.1 Å². The third-order valence-electron chi connectivity index (χ3n) is 3.40. The molecule has 132 valence electrons. The Kier molecular flexibility index (Phi) is 6.41. The molecule has 0 aliphatic heterocycles. The van der Waals surface area contributed by atoms with Crippen molar-refractivity contribution in [1.82, 2.24) is 0 Å². The van der Waals surface area contributed by atoms with E-state index in [0.29, 0.717) is 22.7 Å². The van der Waals surface area contributed by atoms with Crippen molar-refractivity contribution in [3.05, 3.63) is 52.0 Å². The summed E-state index contributed by atoms with van der Waals surface area (Å²) in [6.45, 7) is 1.77. The fourth-order valence-corrected chi connectivity index (χ4v) is 2.42. The molecule has 0 aromatic heterocycles. The van der Waals surface area contributed by atoms with E-state index in [0.717, 1.165) is 10.0 Å². The molecule has 1 amide bonds. The summed E-state index contributed by atoms with van der Waals surface area (Å²) in [6, 6.07) is 10.1. The summed E-state index contributed by atoms with van der Waals surface area (Å²) in [5, 5.41) is 2.75. The zero-order chi connectivity index (χ0) is 18.4. The van der Waals surface area contributed by atoms with Crippen LogP contribution in [0, 0.1) is 6.92 Å². The summed E-state index contributed by atoms with van der Waals surface area (Å²) in [7, 11) is 2.75. The molecule has 0 aliphatic carbocycles. The highest BCUT2D eigenvalue weighted by Gasteiger charge is 2.13. The summed E-state index contributed by atoms with van der Waals surface area (Å²) in [5.41, 5.74) is 2.07. The van der Waals surface area contributed by atoms with E-state index >= 15 is 0 Å². The van der Waals surface area contributed by atoms with Gasteiger partial charge in [-0.25, -0.2) is 4.79 Å². The van der Waals surface area contributed by atoms with E-state index in [4.69, 9.17) is 9.47 Å². The number of carbonyl (C=O) groups excluding carboxylic acids is 2. The molecule has 0 heterocycles. The summed E-state index contributed by atoms with van der Waals surface area (Å²) in [5.74, 6) is -0.0911. The summed E-state index contributed by atoms with van der Waals surface area (Å²) < 4.78 is 16.2. The lowest BCUT2D eigenvalue weighted by molar-refractivity contribution is -0.118. The number of ether oxygens (including phenoxy) is 3. The van der Waals surface area contributed by atoms with E-state index in [2.05, 4.69) is 26.0 Å². The Morgan fingerprint density at radius 2 is 1.84 bits per heavy atom. The first-order chi connectivity index (χ1) is 11.9. The van der Waals surface area contributed by atoms with Crippen LogP contribution in [-0.4, -0.2) is 32.7 Å². The molecular weight excluding hydrogens is 390 g/mol. The minimum absolute atomic E-state index is 0.195. The lowest BCUT2D eigenvalue weighted by Crippen LogP contribution is -2.20. The van der Waals surface area contributed by atoms with Gasteiger partial charge in [0.2, 0.25) is 0 Å². The fourth-order valence-electron chi connectivity index (χ4n) is 2.04. The number of anilines is 1. The van der Waals surface area contributed by atoms with Gasteiger partial charge in [-0.05, 0) is 42.8 Å². The molecule has 25 heavy (non-hydrogen) atoms. The van der Waals surface area contributed by atoms with E-state index in [-0.39, 0.29) is 12.5 Å². The first kappa shape index (κ1) is 18.8. The quantitative estimate of drug-likeness (QED) is 0.740. The largest absolute Gasteiger partial charge is 0.493 e. The van der Waals surface area contributed by atoms with Gasteiger partial charge in [-0.15, -0.1) is 0 Å². The molecule has 2 aromatic carbocycles. The third-order valence-corrected chi connectivity index (χ3v) is 4.25. The molecule has 0 saturated carbocycles. The molecule has 1 N–H and O–H groups in total. The zero-order valence-corrected chi connectivity index (χ0v) is 15.7. The smallest absolute Gasteiger partial charge is 0.337 e. The van der Waals surface area contributed by atoms with Gasteiger partial charge in [0.05, 0.1) is 19.8 Å². The highest BCUT2D eigenvalue weighted by Crippen LogP contribution is 2.28. The van der Waals surface area contributed by atoms with E-state index in [1.807, 2.05) is 25.1 Å². The molecule has 0 fully saturated rings. The Balaban J connectivity index is 2.01. The van der Waals surface area contributed by atoms with Crippen LogP contribution in [0.5, 0.6) is 11.5 Å². The number of rotatable bonds is 6. The van der Waals surface area contributed by atoms with Crippen molar-refractivity contribution in [1.29, 1.82) is 0 Å². The van der Waals surface area contributed by atoms with Gasteiger partial charge in [0.1, 0.15) is 0 Å². The lowest BCUT2D eigenvalue weighted by atomic mass is 10.2. The molecule has 2 rings (SSSR count). The van der Waals surface area contributed by atoms with Crippen LogP contribution in [0.1, 0.15) is 15.9 Å². The van der Waals surface area contributed by atoms with E-state index in [1.165, 1.54) is 20.3 Å². The number of aryl methyl sites for hydroxylation is 1. The van der Waals surface area contributed by atoms with Gasteiger partial charge in [0.15, 0.2) is 18.1 Å². The first-order valence-corrected chi connectivity index (χ1v) is 8.19. The molecule has 0 bridgehead atoms. The van der Waals surface area contributed by atoms with Gasteiger partial charge in [-0.1, -0.05) is 22.0 Å². The Bertz CT molecular complexity index is 791. The van der Waals surface area contributed by atoms with Crippen molar-refractivity contribution in [3.8, 4) is 11.5 Å². The molecule has 0 saturated heterocycles. The summed E-state index contributed by atoms with van der Waals surface area (Å²) >= 11 is 3.42. The Morgan fingerprint density at radius 1 is 1.08 bits per heavy atom. The van der Waals surface area contributed by atoms with Crippen LogP contribution in [0.15, 0.2) is 40.9 Å². The second kappa shape index (κ2) is 8.53. The van der Waals surface area contributed by atoms with Gasteiger partial charge < -0.3 is 19.5 Å². The summed E-state index contributed by atoms with van der Waals surface area (Å²) in [4.78, 5) is 23.6. The first-order valence-electron chi connectivity index (χ1n) is 7.39. The maximum absolute atomic E-state index is 12.0. The molecule has 0 radical (unpaired) electrons. The summed E-state index contributed by atoms with van der Waals surface area (Å²) in [6.07, 6.45) is 0. The van der Waals surface area contributed by atoms with E-state index in [1.54, 1.807) is 12.1 Å². The number of carbonyl (C=O) groups is 2. The molecule has 0 aliphatic rings. The van der Waals surface area contributed by atoms with Gasteiger partial charge in [-0.3, -0.25) is 4.79 Å². The average Bonchev–Trinajstić information content (AvgIpc) is 2.62. The second-order valence-electron chi connectivity index (χ2n) is 5.16. The SMILES string of the molecule is COC(=O)c1ccc(OCC(=O)Nc2ccc(C)c(Br)c2)c(OC)c1. The van der Waals surface area contributed by atoms with Crippen LogP contribution >= 0.6 is 15.9 Å². The molecule has 6 nitrogen and oxygen atoms in total. The van der Waals surface area contributed by atoms with Crippen molar-refractivity contribution in [3.63, 3.8) is 0 Å². The second-order valence-corrected chi connectivity index (χ2v) is 6.01. The van der Waals surface area contributed by atoms with Crippen molar-refractivity contribution >= 4 is 33.5 Å². The number of amides is 1. The van der Waals surface area contributed by atoms with Crippen molar-refractivity contribution in [2.45, 2.75) is 6.92 Å². The minimum Gasteiger partial charge on any atom is -0.493 e. The van der Waals surface area contributed by atoms with Crippen LogP contribution in [0.25, 0.3) is 0 Å². The lowest BCUT2D eigenvalue weighted by Gasteiger charge is -2.12. The normalized spacial score (nSPS) is 10.1. The molecule has 7 heteroatoms. The Morgan fingerprint density at radius 3 is 2.48 bits per heavy atom. The minimum atomic E-state index is -0.479. The standard InChI is InChI=1S/C18H18BrNO5/c1-11-4-6-13(9-14(11)19)20-17(21)10-25-15-7-5-12(18(22)24-3)8-16(15)23-2/h4-9H,10H2,1-3H3,(H,20,21). The van der Waals surface area contributed by atoms with Crippen LogP contribution in [0.2, 0.25) is 0 Å². The van der Waals surface area contributed by atoms with Gasteiger partial charge >= 0.3 is 5.97 Å². The number of nitrogens with one attached hydrogen (secondary N) is 1. The monoisotopic (exact) mass is 407 g/mol. The zero-order valence-electron chi connectivity index (χ0n) is 14.1. The van der Waals surface area contributed by atoms with Crippen LogP contribution in [0.4, 0.5) is 5.69 Å². The maximum Gasteiger partial charge on any atom is 0.337 e. The third kappa shape index (κ3) is 4.96. The van der Waals surface area contributed by atoms with Crippen LogP contribution in [0.3, 0.4) is 0 Å². The number of esters is 1. The number of halogens is 1. The number of benzene rings is 2. The van der Waals surface area contributed by atoms with Gasteiger partial charge in [0, 0.05) is 10.2 Å². The van der Waals surface area contributed by atoms with Crippen LogP contribution in [-0.2, 0) is 9.53 Å². The van der Waals surface area contributed by atoms with Gasteiger partial charge in [0.25, 0.3) is 5.91 Å². The van der Waals surface area contributed by atoms with E-state index < -0.39 is 5.97 Å². The van der Waals surface area contributed by atoms with E-state index in [9.17, 15) is 9.59 Å². The number of hydrogen-bond donors (Lipinski definition) is 1. The molecule has 2 aromatic rings.